The van der Waals surface area contributed by atoms with Crippen molar-refractivity contribution in [3.63, 3.8) is 0 Å². The number of fused-ring (bicyclic) bond motifs is 5. The number of carbonyl (C=O) groups excluding carboxylic acids is 1. The molecule has 1 aromatic carbocycles. The van der Waals surface area contributed by atoms with Crippen molar-refractivity contribution in [3.8, 4) is 5.75 Å². The van der Waals surface area contributed by atoms with Crippen LogP contribution in [-0.4, -0.2) is 35.2 Å². The lowest BCUT2D eigenvalue weighted by molar-refractivity contribution is 0.200. The molecule has 1 aliphatic heterocycles. The molecule has 2 N–H and O–H groups in total. The number of phenols is 1. The van der Waals surface area contributed by atoms with Gasteiger partial charge in [-0.05, 0) is 61.1 Å². The molecule has 5 atom stereocenters. The van der Waals surface area contributed by atoms with E-state index in [1.54, 1.807) is 12.1 Å². The third kappa shape index (κ3) is 2.71. The zero-order valence-corrected chi connectivity index (χ0v) is 13.5. The smallest absolute Gasteiger partial charge is 0.317 e. The first-order valence-corrected chi connectivity index (χ1v) is 8.62. The molecule has 0 radical (unpaired) electrons. The Kier molecular flexibility index (Phi) is 3.55. The predicted molar refractivity (Wildman–Crippen MR) is 89.1 cm³/mol. The fourth-order valence-electron chi connectivity index (χ4n) is 4.71. The monoisotopic (exact) mass is 312 g/mol. The molecule has 4 nitrogen and oxygen atoms in total. The highest BCUT2D eigenvalue weighted by atomic mass is 16.3. The molecule has 2 amide bonds. The molecular formula is C19H24N2O2. The van der Waals surface area contributed by atoms with Gasteiger partial charge in [-0.15, -0.1) is 0 Å². The Balaban J connectivity index is 1.32. The number of phenolic OH excluding ortho intramolecular Hbond substituents is 1. The average Bonchev–Trinajstić information content (AvgIpc) is 3.20. The van der Waals surface area contributed by atoms with Gasteiger partial charge in [0.2, 0.25) is 0 Å². The van der Waals surface area contributed by atoms with Crippen LogP contribution in [0.4, 0.5) is 4.79 Å². The SMILES string of the molecule is CC(Cc1cccc(O)c1)NC(=O)N1C[C@@H]2C3C=CC(C3)[C@@H]2C1. The number of urea groups is 1. The van der Waals surface area contributed by atoms with Gasteiger partial charge in [0.05, 0.1) is 0 Å². The Morgan fingerprint density at radius 3 is 2.65 bits per heavy atom. The van der Waals surface area contributed by atoms with Crippen LogP contribution in [0, 0.1) is 23.7 Å². The van der Waals surface area contributed by atoms with Gasteiger partial charge in [-0.2, -0.15) is 0 Å². The van der Waals surface area contributed by atoms with Crippen LogP contribution in [0.1, 0.15) is 18.9 Å². The number of hydrogen-bond donors (Lipinski definition) is 2. The van der Waals surface area contributed by atoms with E-state index in [1.807, 2.05) is 24.0 Å². The van der Waals surface area contributed by atoms with Gasteiger partial charge in [0, 0.05) is 19.1 Å². The highest BCUT2D eigenvalue weighted by Gasteiger charge is 2.50. The van der Waals surface area contributed by atoms with E-state index in [9.17, 15) is 9.90 Å². The molecule has 4 rings (SSSR count). The number of amides is 2. The average molecular weight is 312 g/mol. The second-order valence-corrected chi connectivity index (χ2v) is 7.41. The Bertz CT molecular complexity index is 622. The van der Waals surface area contributed by atoms with Crippen molar-refractivity contribution in [2.24, 2.45) is 23.7 Å². The third-order valence-corrected chi connectivity index (χ3v) is 5.77. The molecule has 23 heavy (non-hydrogen) atoms. The lowest BCUT2D eigenvalue weighted by Gasteiger charge is -2.22. The van der Waals surface area contributed by atoms with Gasteiger partial charge in [0.25, 0.3) is 0 Å². The maximum atomic E-state index is 12.5. The van der Waals surface area contributed by atoms with Crippen LogP contribution in [-0.2, 0) is 6.42 Å². The number of allylic oxidation sites excluding steroid dienone is 2. The van der Waals surface area contributed by atoms with E-state index in [-0.39, 0.29) is 17.8 Å². The minimum Gasteiger partial charge on any atom is -0.508 e. The molecule has 2 fully saturated rings. The minimum absolute atomic E-state index is 0.0552. The number of nitrogens with one attached hydrogen (secondary N) is 1. The van der Waals surface area contributed by atoms with Crippen LogP contribution in [0.3, 0.4) is 0 Å². The molecule has 1 heterocycles. The molecule has 2 bridgehead atoms. The first-order valence-electron chi connectivity index (χ1n) is 8.62. The maximum Gasteiger partial charge on any atom is 0.317 e. The summed E-state index contributed by atoms with van der Waals surface area (Å²) in [5.74, 6) is 3.03. The molecule has 1 saturated carbocycles. The summed E-state index contributed by atoms with van der Waals surface area (Å²) < 4.78 is 0. The van der Waals surface area contributed by atoms with E-state index in [1.165, 1.54) is 6.42 Å². The zero-order chi connectivity index (χ0) is 16.0. The Hall–Kier alpha value is -1.97. The van der Waals surface area contributed by atoms with Crippen molar-refractivity contribution in [3.05, 3.63) is 42.0 Å². The van der Waals surface area contributed by atoms with E-state index in [0.29, 0.717) is 23.7 Å². The largest absolute Gasteiger partial charge is 0.508 e. The second kappa shape index (κ2) is 5.59. The molecule has 2 aliphatic carbocycles. The summed E-state index contributed by atoms with van der Waals surface area (Å²) in [6, 6.07) is 7.35. The quantitative estimate of drug-likeness (QED) is 0.843. The van der Waals surface area contributed by atoms with Gasteiger partial charge < -0.3 is 15.3 Å². The van der Waals surface area contributed by atoms with Gasteiger partial charge >= 0.3 is 6.03 Å². The summed E-state index contributed by atoms with van der Waals surface area (Å²) in [4.78, 5) is 14.5. The first kappa shape index (κ1) is 14.6. The van der Waals surface area contributed by atoms with Crippen LogP contribution >= 0.6 is 0 Å². The summed E-state index contributed by atoms with van der Waals surface area (Å²) in [5, 5.41) is 12.6. The molecular weight excluding hydrogens is 288 g/mol. The van der Waals surface area contributed by atoms with E-state index in [4.69, 9.17) is 0 Å². The fraction of sp³-hybridized carbons (Fsp3) is 0.526. The standard InChI is InChI=1S/C19H24N2O2/c1-12(7-13-3-2-4-16(22)8-13)20-19(23)21-10-17-14-5-6-15(9-14)18(17)11-21/h2-6,8,12,14-15,17-18,22H,7,9-11H2,1H3,(H,20,23)/t12?,14?,15?,17-,18+. The van der Waals surface area contributed by atoms with Gasteiger partial charge in [-0.3, -0.25) is 0 Å². The molecule has 0 spiro atoms. The van der Waals surface area contributed by atoms with Crippen molar-refractivity contribution < 1.29 is 9.90 Å². The van der Waals surface area contributed by atoms with E-state index >= 15 is 0 Å². The van der Waals surface area contributed by atoms with E-state index < -0.39 is 0 Å². The number of benzene rings is 1. The van der Waals surface area contributed by atoms with Crippen molar-refractivity contribution in [2.45, 2.75) is 25.8 Å². The number of hydrogen-bond acceptors (Lipinski definition) is 2. The van der Waals surface area contributed by atoms with Crippen LogP contribution in [0.2, 0.25) is 0 Å². The zero-order valence-electron chi connectivity index (χ0n) is 13.5. The molecule has 1 saturated heterocycles. The molecule has 1 aromatic rings. The van der Waals surface area contributed by atoms with Crippen molar-refractivity contribution in [1.29, 1.82) is 0 Å². The van der Waals surface area contributed by atoms with Crippen molar-refractivity contribution >= 4 is 6.03 Å². The van der Waals surface area contributed by atoms with Gasteiger partial charge in [-0.1, -0.05) is 24.3 Å². The Morgan fingerprint density at radius 1 is 1.30 bits per heavy atom. The molecule has 3 unspecified atom stereocenters. The number of rotatable bonds is 3. The topological polar surface area (TPSA) is 52.6 Å². The fourth-order valence-corrected chi connectivity index (χ4v) is 4.71. The van der Waals surface area contributed by atoms with Gasteiger partial charge in [0.1, 0.15) is 5.75 Å². The summed E-state index contributed by atoms with van der Waals surface area (Å²) in [7, 11) is 0. The first-order chi connectivity index (χ1) is 11.1. The lowest BCUT2D eigenvalue weighted by Crippen LogP contribution is -2.44. The Labute approximate surface area is 137 Å². The van der Waals surface area contributed by atoms with Gasteiger partial charge in [-0.25, -0.2) is 4.79 Å². The molecule has 122 valence electrons. The van der Waals surface area contributed by atoms with Crippen LogP contribution < -0.4 is 5.32 Å². The summed E-state index contributed by atoms with van der Waals surface area (Å²) in [6.45, 7) is 3.83. The highest BCUT2D eigenvalue weighted by Crippen LogP contribution is 2.51. The normalized spacial score (nSPS) is 32.1. The summed E-state index contributed by atoms with van der Waals surface area (Å²) in [6.07, 6.45) is 6.75. The van der Waals surface area contributed by atoms with Crippen LogP contribution in [0.15, 0.2) is 36.4 Å². The Morgan fingerprint density at radius 2 is 2.00 bits per heavy atom. The van der Waals surface area contributed by atoms with Crippen LogP contribution in [0.5, 0.6) is 5.75 Å². The second-order valence-electron chi connectivity index (χ2n) is 7.41. The number of carbonyl (C=O) groups is 1. The predicted octanol–water partition coefficient (Wildman–Crippen LogP) is 2.79. The summed E-state index contributed by atoms with van der Waals surface area (Å²) in [5.41, 5.74) is 1.04. The maximum absolute atomic E-state index is 12.5. The molecule has 3 aliphatic rings. The van der Waals surface area contributed by atoms with Crippen molar-refractivity contribution in [1.82, 2.24) is 10.2 Å². The third-order valence-electron chi connectivity index (χ3n) is 5.77. The number of aromatic hydroxyl groups is 1. The van der Waals surface area contributed by atoms with Crippen LogP contribution in [0.25, 0.3) is 0 Å². The van der Waals surface area contributed by atoms with E-state index in [2.05, 4.69) is 17.5 Å². The molecule has 0 aromatic heterocycles. The lowest BCUT2D eigenvalue weighted by atomic mass is 9.86. The van der Waals surface area contributed by atoms with E-state index in [0.717, 1.165) is 25.1 Å². The summed E-state index contributed by atoms with van der Waals surface area (Å²) >= 11 is 0. The molecule has 4 heteroatoms. The van der Waals surface area contributed by atoms with Gasteiger partial charge in [0.15, 0.2) is 0 Å². The van der Waals surface area contributed by atoms with Crippen molar-refractivity contribution in [2.75, 3.05) is 13.1 Å². The minimum atomic E-state index is 0.0552. The highest BCUT2D eigenvalue weighted by molar-refractivity contribution is 5.75. The number of nitrogens with zero attached hydrogens (tertiary/aromatic N) is 1. The number of likely N-dealkylation sites (tertiary alicyclic amines) is 1.